The zero-order valence-corrected chi connectivity index (χ0v) is 16.5. The zero-order chi connectivity index (χ0) is 18.3. The molecule has 0 aromatic carbocycles. The molecule has 0 saturated carbocycles. The molecule has 0 unspecified atom stereocenters. The molecule has 0 aliphatic heterocycles. The van der Waals surface area contributed by atoms with Crippen molar-refractivity contribution in [3.63, 3.8) is 0 Å². The van der Waals surface area contributed by atoms with Gasteiger partial charge >= 0.3 is 0 Å². The predicted molar refractivity (Wildman–Crippen MR) is 100 cm³/mol. The summed E-state index contributed by atoms with van der Waals surface area (Å²) in [6, 6.07) is 0. The van der Waals surface area contributed by atoms with Gasteiger partial charge in [0.15, 0.2) is 4.96 Å². The van der Waals surface area contributed by atoms with Crippen molar-refractivity contribution < 1.29 is 4.79 Å². The number of thiazole rings is 1. The Morgan fingerprint density at radius 1 is 1.32 bits per heavy atom. The normalized spacial score (nSPS) is 11.6. The fraction of sp³-hybridized carbons (Fsp3) is 0.500. The molecule has 0 atom stereocenters. The van der Waals surface area contributed by atoms with Crippen LogP contribution in [0.25, 0.3) is 4.96 Å². The maximum absolute atomic E-state index is 13.3. The lowest BCUT2D eigenvalue weighted by atomic mass is 10.1. The Bertz CT molecular complexity index is 918. The first-order valence-corrected chi connectivity index (χ1v) is 9.37. The van der Waals surface area contributed by atoms with Gasteiger partial charge in [-0.15, -0.1) is 11.3 Å². The summed E-state index contributed by atoms with van der Waals surface area (Å²) in [4.78, 5) is 20.5. The van der Waals surface area contributed by atoms with E-state index in [1.54, 1.807) is 0 Å². The fourth-order valence-corrected chi connectivity index (χ4v) is 4.00. The number of aryl methyl sites for hydroxylation is 3. The van der Waals surface area contributed by atoms with Crippen LogP contribution in [0.2, 0.25) is 0 Å². The molecule has 0 radical (unpaired) electrons. The molecular weight excluding hydrogens is 334 g/mol. The maximum Gasteiger partial charge on any atom is 0.272 e. The minimum Gasteiger partial charge on any atom is -0.333 e. The van der Waals surface area contributed by atoms with Crippen LogP contribution in [0.15, 0.2) is 11.6 Å². The number of amides is 1. The van der Waals surface area contributed by atoms with Gasteiger partial charge in [0.2, 0.25) is 0 Å². The van der Waals surface area contributed by atoms with Gasteiger partial charge < -0.3 is 4.90 Å². The summed E-state index contributed by atoms with van der Waals surface area (Å²) >= 11 is 1.50. The van der Waals surface area contributed by atoms with Crippen molar-refractivity contribution in [1.29, 1.82) is 0 Å². The third-order valence-electron chi connectivity index (χ3n) is 4.43. The second-order valence-corrected chi connectivity index (χ2v) is 7.84. The van der Waals surface area contributed by atoms with E-state index in [0.717, 1.165) is 27.6 Å². The van der Waals surface area contributed by atoms with E-state index < -0.39 is 0 Å². The van der Waals surface area contributed by atoms with Crippen LogP contribution in [0.5, 0.6) is 0 Å². The van der Waals surface area contributed by atoms with Crippen molar-refractivity contribution in [2.45, 2.75) is 41.2 Å². The highest BCUT2D eigenvalue weighted by molar-refractivity contribution is 7.15. The minimum absolute atomic E-state index is 0.0417. The van der Waals surface area contributed by atoms with Gasteiger partial charge in [-0.05, 0) is 26.7 Å². The lowest BCUT2D eigenvalue weighted by Crippen LogP contribution is -2.34. The monoisotopic (exact) mass is 359 g/mol. The Balaban J connectivity index is 1.96. The average molecular weight is 359 g/mol. The van der Waals surface area contributed by atoms with Gasteiger partial charge in [-0.1, -0.05) is 13.8 Å². The Morgan fingerprint density at radius 3 is 2.64 bits per heavy atom. The van der Waals surface area contributed by atoms with E-state index in [4.69, 9.17) is 0 Å². The number of hydrogen-bond acceptors (Lipinski definition) is 4. The highest BCUT2D eigenvalue weighted by atomic mass is 32.1. The average Bonchev–Trinajstić information content (AvgIpc) is 3.14. The van der Waals surface area contributed by atoms with Crippen LogP contribution in [0, 0.1) is 26.7 Å². The third-order valence-corrected chi connectivity index (χ3v) is 5.27. The summed E-state index contributed by atoms with van der Waals surface area (Å²) in [7, 11) is 1.94. The highest BCUT2D eigenvalue weighted by Gasteiger charge is 2.23. The molecule has 0 bridgehead atoms. The first-order chi connectivity index (χ1) is 11.8. The summed E-state index contributed by atoms with van der Waals surface area (Å²) in [5, 5.41) is 6.39. The van der Waals surface area contributed by atoms with E-state index in [9.17, 15) is 4.79 Å². The molecule has 6 nitrogen and oxygen atoms in total. The Labute approximate surface area is 152 Å². The molecule has 0 saturated heterocycles. The van der Waals surface area contributed by atoms with Crippen molar-refractivity contribution in [2.75, 3.05) is 6.54 Å². The summed E-state index contributed by atoms with van der Waals surface area (Å²) in [6.07, 6.45) is 1.92. The smallest absolute Gasteiger partial charge is 0.272 e. The van der Waals surface area contributed by atoms with Crippen LogP contribution in [0.1, 0.15) is 47.0 Å². The molecule has 0 aliphatic rings. The molecule has 7 heteroatoms. The number of carbonyl (C=O) groups is 1. The van der Waals surface area contributed by atoms with Gasteiger partial charge in [0.25, 0.3) is 5.91 Å². The SMILES string of the molecule is Cc1cn2c(C(=O)N(Cc3c(C)nn(C)c3C)CC(C)C)csc2n1. The third kappa shape index (κ3) is 3.33. The second-order valence-electron chi connectivity index (χ2n) is 7.01. The first-order valence-electron chi connectivity index (χ1n) is 8.49. The number of carbonyl (C=O) groups excluding carboxylic acids is 1. The molecule has 0 aliphatic carbocycles. The molecule has 3 heterocycles. The topological polar surface area (TPSA) is 55.4 Å². The molecular formula is C18H25N5OS. The number of fused-ring (bicyclic) bond motifs is 1. The van der Waals surface area contributed by atoms with Gasteiger partial charge in [0.05, 0.1) is 11.4 Å². The van der Waals surface area contributed by atoms with Gasteiger partial charge in [0, 0.05) is 43.0 Å². The molecule has 0 N–H and O–H groups in total. The molecule has 0 spiro atoms. The molecule has 3 aromatic rings. The van der Waals surface area contributed by atoms with Crippen molar-refractivity contribution in [2.24, 2.45) is 13.0 Å². The van der Waals surface area contributed by atoms with Gasteiger partial charge in [-0.25, -0.2) is 4.98 Å². The Kier molecular flexibility index (Phi) is 4.69. The fourth-order valence-electron chi connectivity index (χ4n) is 3.11. The first kappa shape index (κ1) is 17.7. The zero-order valence-electron chi connectivity index (χ0n) is 15.7. The minimum atomic E-state index is 0.0417. The molecule has 134 valence electrons. The van der Waals surface area contributed by atoms with Crippen molar-refractivity contribution in [3.05, 3.63) is 39.9 Å². The highest BCUT2D eigenvalue weighted by Crippen LogP contribution is 2.21. The van der Waals surface area contributed by atoms with Crippen molar-refractivity contribution in [1.82, 2.24) is 24.1 Å². The van der Waals surface area contributed by atoms with E-state index in [0.29, 0.717) is 24.7 Å². The number of rotatable bonds is 5. The number of aromatic nitrogens is 4. The largest absolute Gasteiger partial charge is 0.333 e. The number of imidazole rings is 1. The Morgan fingerprint density at radius 2 is 2.04 bits per heavy atom. The molecule has 3 rings (SSSR count). The summed E-state index contributed by atoms with van der Waals surface area (Å²) < 4.78 is 3.78. The number of hydrogen-bond donors (Lipinski definition) is 0. The van der Waals surface area contributed by atoms with Gasteiger partial charge in [0.1, 0.15) is 5.69 Å². The van der Waals surface area contributed by atoms with Crippen LogP contribution in [-0.4, -0.2) is 36.5 Å². The Hall–Kier alpha value is -2.15. The standard InChI is InChI=1S/C18H25N5OS/c1-11(2)7-22(9-15-13(4)20-21(6)14(15)5)17(24)16-10-25-18-19-12(3)8-23(16)18/h8,10-11H,7,9H2,1-6H3. The van der Waals surface area contributed by atoms with E-state index in [1.165, 1.54) is 11.3 Å². The quantitative estimate of drug-likeness (QED) is 0.702. The van der Waals surface area contributed by atoms with E-state index in [2.05, 4.69) is 30.9 Å². The van der Waals surface area contributed by atoms with Gasteiger partial charge in [-0.2, -0.15) is 5.10 Å². The van der Waals surface area contributed by atoms with Crippen LogP contribution in [0.3, 0.4) is 0 Å². The molecule has 1 amide bonds. The second kappa shape index (κ2) is 6.63. The summed E-state index contributed by atoms with van der Waals surface area (Å²) in [5.41, 5.74) is 4.82. The summed E-state index contributed by atoms with van der Waals surface area (Å²) in [6.45, 7) is 11.5. The van der Waals surface area contributed by atoms with E-state index in [-0.39, 0.29) is 5.91 Å². The van der Waals surface area contributed by atoms with E-state index >= 15 is 0 Å². The van der Waals surface area contributed by atoms with Crippen LogP contribution >= 0.6 is 11.3 Å². The lowest BCUT2D eigenvalue weighted by molar-refractivity contribution is 0.0715. The predicted octanol–water partition coefficient (Wildman–Crippen LogP) is 3.35. The molecule has 25 heavy (non-hydrogen) atoms. The van der Waals surface area contributed by atoms with Crippen molar-refractivity contribution >= 4 is 22.2 Å². The van der Waals surface area contributed by atoms with E-state index in [1.807, 2.05) is 46.5 Å². The van der Waals surface area contributed by atoms with Crippen LogP contribution in [-0.2, 0) is 13.6 Å². The lowest BCUT2D eigenvalue weighted by Gasteiger charge is -2.24. The van der Waals surface area contributed by atoms with Crippen LogP contribution < -0.4 is 0 Å². The van der Waals surface area contributed by atoms with Gasteiger partial charge in [-0.3, -0.25) is 13.9 Å². The van der Waals surface area contributed by atoms with Crippen molar-refractivity contribution in [3.8, 4) is 0 Å². The number of nitrogens with zero attached hydrogens (tertiary/aromatic N) is 5. The maximum atomic E-state index is 13.3. The molecule has 0 fully saturated rings. The molecule has 3 aromatic heterocycles. The van der Waals surface area contributed by atoms with Crippen LogP contribution in [0.4, 0.5) is 0 Å². The summed E-state index contributed by atoms with van der Waals surface area (Å²) in [5.74, 6) is 0.430.